The molecule has 2 amide bonds. The van der Waals surface area contributed by atoms with Gasteiger partial charge in [-0.15, -0.1) is 0 Å². The molecule has 2 aromatic rings. The molecule has 1 heterocycles. The van der Waals surface area contributed by atoms with Crippen molar-refractivity contribution in [3.63, 3.8) is 0 Å². The highest BCUT2D eigenvalue weighted by atomic mass is 16.5. The summed E-state index contributed by atoms with van der Waals surface area (Å²) in [6, 6.07) is 15.7. The molecule has 3 aliphatic rings. The second-order valence-electron chi connectivity index (χ2n) is 10.1. The second-order valence-corrected chi connectivity index (χ2v) is 10.1. The van der Waals surface area contributed by atoms with Gasteiger partial charge in [0.1, 0.15) is 12.6 Å². The minimum atomic E-state index is -0.731. The zero-order valence-electron chi connectivity index (χ0n) is 20.0. The van der Waals surface area contributed by atoms with Crippen LogP contribution in [0.2, 0.25) is 0 Å². The van der Waals surface area contributed by atoms with Gasteiger partial charge in [-0.3, -0.25) is 9.59 Å². The number of fused-ring (bicyclic) bond motifs is 3. The fourth-order valence-corrected chi connectivity index (χ4v) is 5.97. The van der Waals surface area contributed by atoms with Gasteiger partial charge in [0.05, 0.1) is 5.92 Å². The lowest BCUT2D eigenvalue weighted by Gasteiger charge is -2.35. The summed E-state index contributed by atoms with van der Waals surface area (Å²) < 4.78 is 5.65. The highest BCUT2D eigenvalue weighted by Gasteiger charge is 2.59. The van der Waals surface area contributed by atoms with E-state index in [4.69, 9.17) is 4.74 Å². The fourth-order valence-electron chi connectivity index (χ4n) is 5.97. The van der Waals surface area contributed by atoms with Crippen LogP contribution in [0, 0.1) is 11.3 Å². The van der Waals surface area contributed by atoms with Crippen LogP contribution in [0.25, 0.3) is 11.1 Å². The molecule has 7 heteroatoms. The maximum absolute atomic E-state index is 13.2. The predicted octanol–water partition coefficient (Wildman–Crippen LogP) is 4.41. The number of piperidine rings is 1. The third kappa shape index (κ3) is 4.40. The average Bonchev–Trinajstić information content (AvgIpc) is 3.48. The molecule has 7 nitrogen and oxygen atoms in total. The number of carbonyl (C=O) groups excluding carboxylic acids is 2. The molecule has 184 valence electrons. The number of nitrogens with zero attached hydrogens (tertiary/aromatic N) is 1. The number of nitrogens with one attached hydrogen (secondary N) is 1. The average molecular weight is 477 g/mol. The van der Waals surface area contributed by atoms with Crippen molar-refractivity contribution in [1.82, 2.24) is 10.2 Å². The molecule has 0 aromatic heterocycles. The van der Waals surface area contributed by atoms with Gasteiger partial charge in [-0.25, -0.2) is 4.79 Å². The van der Waals surface area contributed by atoms with Gasteiger partial charge in [-0.2, -0.15) is 0 Å². The summed E-state index contributed by atoms with van der Waals surface area (Å²) in [5, 5.41) is 12.1. The molecule has 1 spiro atoms. The standard InChI is InChI=1S/C28H32N2O5/c1-2-7-24(25(31)30-14-12-28(13-15-30)16-23(28)26(32)33)29-27(34)35-17-22-20-10-5-3-8-18(20)19-9-4-6-11-21(19)22/h3-6,8-11,22-24H,2,7,12-17H2,1H3,(H,29,34)(H,32,33). The van der Waals surface area contributed by atoms with Gasteiger partial charge in [-0.05, 0) is 53.4 Å². The summed E-state index contributed by atoms with van der Waals surface area (Å²) in [6.45, 7) is 3.26. The maximum atomic E-state index is 13.2. The zero-order chi connectivity index (χ0) is 24.6. The van der Waals surface area contributed by atoms with E-state index < -0.39 is 18.1 Å². The van der Waals surface area contributed by atoms with Crippen LogP contribution >= 0.6 is 0 Å². The predicted molar refractivity (Wildman–Crippen MR) is 131 cm³/mol. The Balaban J connectivity index is 1.19. The molecule has 2 unspecified atom stereocenters. The van der Waals surface area contributed by atoms with Crippen molar-refractivity contribution in [2.24, 2.45) is 11.3 Å². The van der Waals surface area contributed by atoms with Gasteiger partial charge in [-0.1, -0.05) is 61.9 Å². The first-order chi connectivity index (χ1) is 16.9. The molecule has 2 fully saturated rings. The lowest BCUT2D eigenvalue weighted by molar-refractivity contribution is -0.140. The van der Waals surface area contributed by atoms with Gasteiger partial charge in [0.15, 0.2) is 0 Å². The highest BCUT2D eigenvalue weighted by molar-refractivity contribution is 5.86. The Kier molecular flexibility index (Phi) is 6.26. The Morgan fingerprint density at radius 1 is 1.06 bits per heavy atom. The number of amides is 2. The largest absolute Gasteiger partial charge is 0.481 e. The number of carboxylic acid groups (broad SMARTS) is 1. The van der Waals surface area contributed by atoms with E-state index in [0.717, 1.165) is 17.5 Å². The first-order valence-corrected chi connectivity index (χ1v) is 12.6. The minimum absolute atomic E-state index is 0.0347. The van der Waals surface area contributed by atoms with Crippen LogP contribution in [-0.4, -0.2) is 53.7 Å². The van der Waals surface area contributed by atoms with Crippen LogP contribution in [0.3, 0.4) is 0 Å². The van der Waals surface area contributed by atoms with Gasteiger partial charge >= 0.3 is 12.1 Å². The first kappa shape index (κ1) is 23.4. The van der Waals surface area contributed by atoms with Crippen molar-refractivity contribution < 1.29 is 24.2 Å². The Bertz CT molecular complexity index is 1090. The summed E-state index contributed by atoms with van der Waals surface area (Å²) in [6.07, 6.45) is 2.82. The van der Waals surface area contributed by atoms with Crippen LogP contribution in [0.15, 0.2) is 48.5 Å². The molecule has 0 radical (unpaired) electrons. The number of hydrogen-bond acceptors (Lipinski definition) is 4. The van der Waals surface area contributed by atoms with E-state index in [9.17, 15) is 19.5 Å². The summed E-state index contributed by atoms with van der Waals surface area (Å²) in [5.74, 6) is -1.15. The number of rotatable bonds is 7. The third-order valence-corrected chi connectivity index (χ3v) is 8.07. The number of carboxylic acids is 1. The fraction of sp³-hybridized carbons (Fsp3) is 0.464. The van der Waals surface area contributed by atoms with Gasteiger partial charge in [0.2, 0.25) is 5.91 Å². The SMILES string of the molecule is CCCC(NC(=O)OCC1c2ccccc2-c2ccccc21)C(=O)N1CCC2(CC1)CC2C(=O)O. The summed E-state index contributed by atoms with van der Waals surface area (Å²) in [5.41, 5.74) is 4.48. The Labute approximate surface area is 205 Å². The molecular weight excluding hydrogens is 444 g/mol. The molecule has 0 bridgehead atoms. The summed E-state index contributed by atoms with van der Waals surface area (Å²) >= 11 is 0. The van der Waals surface area contributed by atoms with Crippen LogP contribution in [0.5, 0.6) is 0 Å². The molecule has 1 saturated heterocycles. The topological polar surface area (TPSA) is 95.9 Å². The number of alkyl carbamates (subject to hydrolysis) is 1. The monoisotopic (exact) mass is 476 g/mol. The van der Waals surface area contributed by atoms with E-state index in [1.54, 1.807) is 4.90 Å². The minimum Gasteiger partial charge on any atom is -0.481 e. The van der Waals surface area contributed by atoms with Crippen LogP contribution in [0.4, 0.5) is 4.79 Å². The van der Waals surface area contributed by atoms with Gasteiger partial charge in [0, 0.05) is 19.0 Å². The second kappa shape index (κ2) is 9.36. The molecule has 35 heavy (non-hydrogen) atoms. The quantitative estimate of drug-likeness (QED) is 0.617. The van der Waals surface area contributed by atoms with Crippen molar-refractivity contribution in [2.45, 2.75) is 51.0 Å². The van der Waals surface area contributed by atoms with E-state index in [0.29, 0.717) is 38.8 Å². The maximum Gasteiger partial charge on any atom is 0.407 e. The Morgan fingerprint density at radius 2 is 1.66 bits per heavy atom. The van der Waals surface area contributed by atoms with E-state index in [2.05, 4.69) is 29.6 Å². The van der Waals surface area contributed by atoms with Crippen molar-refractivity contribution in [3.8, 4) is 11.1 Å². The van der Waals surface area contributed by atoms with Gasteiger partial charge < -0.3 is 20.1 Å². The molecule has 2 aromatic carbocycles. The van der Waals surface area contributed by atoms with E-state index in [1.165, 1.54) is 11.1 Å². The van der Waals surface area contributed by atoms with E-state index >= 15 is 0 Å². The number of hydrogen-bond donors (Lipinski definition) is 2. The smallest absolute Gasteiger partial charge is 0.407 e. The molecule has 1 saturated carbocycles. The Hall–Kier alpha value is -3.35. The molecule has 2 N–H and O–H groups in total. The van der Waals surface area contributed by atoms with Crippen LogP contribution in [-0.2, 0) is 14.3 Å². The normalized spacial score (nSPS) is 20.6. The molecule has 1 aliphatic heterocycles. The van der Waals surface area contributed by atoms with Crippen molar-refractivity contribution >= 4 is 18.0 Å². The number of ether oxygens (including phenoxy) is 1. The van der Waals surface area contributed by atoms with E-state index in [1.807, 2.05) is 31.2 Å². The number of benzene rings is 2. The van der Waals surface area contributed by atoms with Crippen LogP contribution < -0.4 is 5.32 Å². The van der Waals surface area contributed by atoms with Crippen molar-refractivity contribution in [1.29, 1.82) is 0 Å². The third-order valence-electron chi connectivity index (χ3n) is 8.07. The number of aliphatic carboxylic acids is 1. The molecule has 5 rings (SSSR count). The summed E-state index contributed by atoms with van der Waals surface area (Å²) in [7, 11) is 0. The van der Waals surface area contributed by atoms with Gasteiger partial charge in [0.25, 0.3) is 0 Å². The first-order valence-electron chi connectivity index (χ1n) is 12.6. The molecular formula is C28H32N2O5. The lowest BCUT2D eigenvalue weighted by atomic mass is 9.90. The summed E-state index contributed by atoms with van der Waals surface area (Å²) in [4.78, 5) is 39.0. The Morgan fingerprint density at radius 3 is 2.20 bits per heavy atom. The van der Waals surface area contributed by atoms with E-state index in [-0.39, 0.29) is 29.8 Å². The molecule has 2 atom stereocenters. The van der Waals surface area contributed by atoms with Crippen LogP contribution in [0.1, 0.15) is 56.1 Å². The highest BCUT2D eigenvalue weighted by Crippen LogP contribution is 2.59. The number of likely N-dealkylation sites (tertiary alicyclic amines) is 1. The zero-order valence-corrected chi connectivity index (χ0v) is 20.0. The molecule has 2 aliphatic carbocycles. The number of carbonyl (C=O) groups is 3. The van der Waals surface area contributed by atoms with Crippen molar-refractivity contribution in [3.05, 3.63) is 59.7 Å². The lowest BCUT2D eigenvalue weighted by Crippen LogP contribution is -2.51. The van der Waals surface area contributed by atoms with Crippen molar-refractivity contribution in [2.75, 3.05) is 19.7 Å².